The lowest BCUT2D eigenvalue weighted by Crippen LogP contribution is -1.96. The third-order valence-corrected chi connectivity index (χ3v) is 4.93. The first-order chi connectivity index (χ1) is 13.7. The van der Waals surface area contributed by atoms with Crippen molar-refractivity contribution in [2.75, 3.05) is 0 Å². The third-order valence-electron chi connectivity index (χ3n) is 4.93. The minimum Gasteiger partial charge on any atom is -0.254 e. The maximum atomic E-state index is 4.72. The topological polar surface area (TPSA) is 37.6 Å². The second-order valence-electron chi connectivity index (χ2n) is 8.01. The molecule has 3 nitrogen and oxygen atoms in total. The van der Waals surface area contributed by atoms with E-state index in [2.05, 4.69) is 72.7 Å². The Labute approximate surface area is 174 Å². The monoisotopic (exact) mass is 383 g/mol. The molecule has 1 aromatic heterocycles. The Hall–Kier alpha value is -3.07. The number of hydrogen-bond acceptors (Lipinski definition) is 3. The van der Waals surface area contributed by atoms with Crippen LogP contribution in [0.4, 0.5) is 11.4 Å². The van der Waals surface area contributed by atoms with E-state index in [9.17, 15) is 0 Å². The van der Waals surface area contributed by atoms with Gasteiger partial charge in [0.15, 0.2) is 0 Å². The minimum atomic E-state index is 0.836. The second kappa shape index (κ2) is 8.52. The summed E-state index contributed by atoms with van der Waals surface area (Å²) in [5, 5.41) is 0. The molecule has 3 aromatic rings. The number of pyridine rings is 1. The highest BCUT2D eigenvalue weighted by molar-refractivity contribution is 5.85. The number of aryl methyl sites for hydroxylation is 7. The van der Waals surface area contributed by atoms with Gasteiger partial charge >= 0.3 is 0 Å². The van der Waals surface area contributed by atoms with E-state index in [-0.39, 0.29) is 0 Å². The predicted octanol–water partition coefficient (Wildman–Crippen LogP) is 6.74. The van der Waals surface area contributed by atoms with Crippen molar-refractivity contribution in [3.8, 4) is 0 Å². The number of nitrogens with zero attached hydrogens (tertiary/aromatic N) is 3. The molecule has 3 heteroatoms. The molecular weight excluding hydrogens is 354 g/mol. The summed E-state index contributed by atoms with van der Waals surface area (Å²) in [7, 11) is 0. The van der Waals surface area contributed by atoms with Gasteiger partial charge in [-0.1, -0.05) is 35.4 Å². The first kappa shape index (κ1) is 20.7. The van der Waals surface area contributed by atoms with Crippen LogP contribution in [-0.4, -0.2) is 17.4 Å². The van der Waals surface area contributed by atoms with E-state index in [0.29, 0.717) is 0 Å². The highest BCUT2D eigenvalue weighted by Crippen LogP contribution is 2.26. The molecular formula is C26H29N3. The van der Waals surface area contributed by atoms with Crippen LogP contribution in [-0.2, 0) is 0 Å². The van der Waals surface area contributed by atoms with Gasteiger partial charge in [-0.15, -0.1) is 0 Å². The van der Waals surface area contributed by atoms with Crippen molar-refractivity contribution < 1.29 is 0 Å². The molecule has 2 aromatic carbocycles. The number of aliphatic imine (C=N–C) groups is 2. The quantitative estimate of drug-likeness (QED) is 0.460. The summed E-state index contributed by atoms with van der Waals surface area (Å²) < 4.78 is 0. The van der Waals surface area contributed by atoms with E-state index in [0.717, 1.165) is 28.3 Å². The van der Waals surface area contributed by atoms with Crippen LogP contribution in [0.5, 0.6) is 0 Å². The van der Waals surface area contributed by atoms with E-state index < -0.39 is 0 Å². The van der Waals surface area contributed by atoms with Gasteiger partial charge in [0.05, 0.1) is 35.2 Å². The largest absolute Gasteiger partial charge is 0.254 e. The van der Waals surface area contributed by atoms with Crippen LogP contribution in [0.15, 0.2) is 46.4 Å². The summed E-state index contributed by atoms with van der Waals surface area (Å²) >= 11 is 0. The van der Waals surface area contributed by atoms with Crippen molar-refractivity contribution in [1.82, 2.24) is 4.98 Å². The molecule has 0 saturated carbocycles. The maximum Gasteiger partial charge on any atom is 0.0823 e. The van der Waals surface area contributed by atoms with Gasteiger partial charge in [-0.3, -0.25) is 9.98 Å². The highest BCUT2D eigenvalue weighted by Gasteiger charge is 2.04. The Kier molecular flexibility index (Phi) is 6.07. The second-order valence-corrected chi connectivity index (χ2v) is 8.01. The Balaban J connectivity index is 1.91. The number of benzene rings is 2. The fourth-order valence-corrected chi connectivity index (χ4v) is 3.87. The molecule has 0 aliphatic heterocycles. The first-order valence-electron chi connectivity index (χ1n) is 9.95. The first-order valence-corrected chi connectivity index (χ1v) is 9.95. The SMILES string of the molecule is Cc1cc(C=Nc2c(C)cc(C)cc2C)nc(C=Nc2c(C)cc(C)cc2C)c1. The smallest absolute Gasteiger partial charge is 0.0823 e. The number of rotatable bonds is 4. The lowest BCUT2D eigenvalue weighted by molar-refractivity contribution is 1.23. The average Bonchev–Trinajstić information content (AvgIpc) is 2.59. The summed E-state index contributed by atoms with van der Waals surface area (Å²) in [6.07, 6.45) is 3.69. The van der Waals surface area contributed by atoms with Crippen LogP contribution >= 0.6 is 0 Å². The average molecular weight is 384 g/mol. The van der Waals surface area contributed by atoms with Gasteiger partial charge in [0.2, 0.25) is 0 Å². The van der Waals surface area contributed by atoms with Gasteiger partial charge in [0.1, 0.15) is 0 Å². The van der Waals surface area contributed by atoms with Crippen LogP contribution in [0.2, 0.25) is 0 Å². The summed E-state index contributed by atoms with van der Waals surface area (Å²) in [6, 6.07) is 12.7. The summed E-state index contributed by atoms with van der Waals surface area (Å²) in [6.45, 7) is 14.7. The van der Waals surface area contributed by atoms with Gasteiger partial charge in [-0.25, -0.2) is 4.98 Å². The molecule has 0 bridgehead atoms. The van der Waals surface area contributed by atoms with Gasteiger partial charge in [0, 0.05) is 0 Å². The lowest BCUT2D eigenvalue weighted by Gasteiger charge is -2.07. The molecule has 0 unspecified atom stereocenters. The molecule has 1 heterocycles. The molecule has 0 atom stereocenters. The molecule has 3 rings (SSSR count). The van der Waals surface area contributed by atoms with Crippen LogP contribution < -0.4 is 0 Å². The Morgan fingerprint density at radius 3 is 1.17 bits per heavy atom. The summed E-state index contributed by atoms with van der Waals surface area (Å²) in [5.41, 5.74) is 12.1. The molecule has 0 radical (unpaired) electrons. The van der Waals surface area contributed by atoms with E-state index in [1.165, 1.54) is 33.4 Å². The van der Waals surface area contributed by atoms with E-state index in [1.54, 1.807) is 0 Å². The van der Waals surface area contributed by atoms with E-state index in [4.69, 9.17) is 15.0 Å². The van der Waals surface area contributed by atoms with Crippen molar-refractivity contribution in [3.63, 3.8) is 0 Å². The Morgan fingerprint density at radius 2 is 0.828 bits per heavy atom. The highest BCUT2D eigenvalue weighted by atomic mass is 14.8. The van der Waals surface area contributed by atoms with Crippen LogP contribution in [0.25, 0.3) is 0 Å². The minimum absolute atomic E-state index is 0.836. The number of hydrogen-bond donors (Lipinski definition) is 0. The zero-order valence-corrected chi connectivity index (χ0v) is 18.5. The Morgan fingerprint density at radius 1 is 0.517 bits per heavy atom. The fraction of sp³-hybridized carbons (Fsp3) is 0.269. The van der Waals surface area contributed by atoms with Gasteiger partial charge in [-0.2, -0.15) is 0 Å². The van der Waals surface area contributed by atoms with Crippen molar-refractivity contribution in [3.05, 3.63) is 86.7 Å². The summed E-state index contributed by atoms with van der Waals surface area (Å²) in [5.74, 6) is 0. The molecule has 0 spiro atoms. The molecule has 0 saturated heterocycles. The summed E-state index contributed by atoms with van der Waals surface area (Å²) in [4.78, 5) is 14.2. The molecule has 0 fully saturated rings. The Bertz CT molecular complexity index is 989. The van der Waals surface area contributed by atoms with Gasteiger partial charge < -0.3 is 0 Å². The third kappa shape index (κ3) is 5.05. The fourth-order valence-electron chi connectivity index (χ4n) is 3.87. The van der Waals surface area contributed by atoms with Crippen molar-refractivity contribution >= 4 is 23.8 Å². The normalized spacial score (nSPS) is 11.7. The van der Waals surface area contributed by atoms with Crippen LogP contribution in [0.3, 0.4) is 0 Å². The van der Waals surface area contributed by atoms with E-state index >= 15 is 0 Å². The number of aromatic nitrogens is 1. The molecule has 29 heavy (non-hydrogen) atoms. The van der Waals surface area contributed by atoms with Crippen LogP contribution in [0.1, 0.15) is 50.3 Å². The maximum absolute atomic E-state index is 4.72. The molecule has 0 N–H and O–H groups in total. The molecule has 148 valence electrons. The molecule has 0 aliphatic carbocycles. The van der Waals surface area contributed by atoms with Crippen molar-refractivity contribution in [2.24, 2.45) is 9.98 Å². The molecule has 0 aliphatic rings. The van der Waals surface area contributed by atoms with Crippen molar-refractivity contribution in [2.45, 2.75) is 48.5 Å². The predicted molar refractivity (Wildman–Crippen MR) is 125 cm³/mol. The van der Waals surface area contributed by atoms with E-state index in [1.807, 2.05) is 24.6 Å². The standard InChI is InChI=1S/C26H29N3/c1-16-8-19(4)25(20(5)9-16)27-14-23-12-18(3)13-24(29-23)15-28-26-21(6)10-17(2)11-22(26)7/h8-15H,1-7H3. The zero-order chi connectivity index (χ0) is 21.1. The van der Waals surface area contributed by atoms with Gasteiger partial charge in [0.25, 0.3) is 0 Å². The zero-order valence-electron chi connectivity index (χ0n) is 18.5. The van der Waals surface area contributed by atoms with Crippen LogP contribution in [0, 0.1) is 48.5 Å². The molecule has 0 amide bonds. The van der Waals surface area contributed by atoms with Crippen molar-refractivity contribution in [1.29, 1.82) is 0 Å². The lowest BCUT2D eigenvalue weighted by atomic mass is 10.1. The van der Waals surface area contributed by atoms with Gasteiger partial charge in [-0.05, 0) is 88.4 Å².